The molecule has 0 saturated heterocycles. The van der Waals surface area contributed by atoms with Crippen molar-refractivity contribution in [3.63, 3.8) is 0 Å². The van der Waals surface area contributed by atoms with E-state index in [0.717, 1.165) is 30.4 Å². The van der Waals surface area contributed by atoms with Crippen LogP contribution in [0.2, 0.25) is 0 Å². The first-order valence-electron chi connectivity index (χ1n) is 8.31. The van der Waals surface area contributed by atoms with E-state index in [9.17, 15) is 18.5 Å². The van der Waals surface area contributed by atoms with E-state index in [1.807, 2.05) is 24.3 Å². The van der Waals surface area contributed by atoms with Crippen molar-refractivity contribution in [3.05, 3.63) is 58.1 Å². The largest absolute Gasteiger partial charge is 0.490 e. The number of para-hydroxylation sites is 1. The molecule has 0 aliphatic heterocycles. The van der Waals surface area contributed by atoms with Gasteiger partial charge in [0.25, 0.3) is 5.69 Å². The van der Waals surface area contributed by atoms with E-state index >= 15 is 0 Å². The maximum atomic E-state index is 11.8. The number of anilines is 1. The molecule has 0 radical (unpaired) electrons. The summed E-state index contributed by atoms with van der Waals surface area (Å²) < 4.78 is 29.7. The van der Waals surface area contributed by atoms with Gasteiger partial charge in [0.05, 0.1) is 11.0 Å². The molecule has 26 heavy (non-hydrogen) atoms. The Labute approximate surface area is 152 Å². The van der Waals surface area contributed by atoms with Gasteiger partial charge < -0.3 is 10.1 Å². The third-order valence-corrected chi connectivity index (χ3v) is 5.48. The van der Waals surface area contributed by atoms with Gasteiger partial charge in [-0.05, 0) is 37.5 Å². The SMILES string of the molecule is CS(=O)(=O)c1cc(NCc2ccccc2OC2CCC2)ccc1[N+](=O)[O-]. The number of rotatable bonds is 7. The van der Waals surface area contributed by atoms with Crippen molar-refractivity contribution in [2.24, 2.45) is 0 Å². The molecular formula is C18H20N2O5S. The van der Waals surface area contributed by atoms with Crippen LogP contribution in [-0.4, -0.2) is 25.7 Å². The molecule has 1 fully saturated rings. The topological polar surface area (TPSA) is 98.5 Å². The second-order valence-corrected chi connectivity index (χ2v) is 8.33. The highest BCUT2D eigenvalue weighted by Crippen LogP contribution is 2.30. The van der Waals surface area contributed by atoms with Crippen LogP contribution >= 0.6 is 0 Å². The van der Waals surface area contributed by atoms with E-state index in [-0.39, 0.29) is 11.0 Å². The summed E-state index contributed by atoms with van der Waals surface area (Å²) in [7, 11) is -3.71. The molecular weight excluding hydrogens is 356 g/mol. The van der Waals surface area contributed by atoms with Gasteiger partial charge in [-0.25, -0.2) is 8.42 Å². The minimum Gasteiger partial charge on any atom is -0.490 e. The lowest BCUT2D eigenvalue weighted by Crippen LogP contribution is -2.25. The van der Waals surface area contributed by atoms with E-state index in [1.165, 1.54) is 24.6 Å². The molecule has 1 aliphatic carbocycles. The number of hydrogen-bond acceptors (Lipinski definition) is 6. The fourth-order valence-electron chi connectivity index (χ4n) is 2.70. The average molecular weight is 376 g/mol. The van der Waals surface area contributed by atoms with Gasteiger partial charge in [0, 0.05) is 30.1 Å². The quantitative estimate of drug-likeness (QED) is 0.586. The van der Waals surface area contributed by atoms with Crippen LogP contribution in [0, 0.1) is 10.1 Å². The zero-order valence-corrected chi connectivity index (χ0v) is 15.2. The van der Waals surface area contributed by atoms with Gasteiger partial charge in [-0.3, -0.25) is 10.1 Å². The molecule has 3 rings (SSSR count). The highest BCUT2D eigenvalue weighted by Gasteiger charge is 2.23. The molecule has 1 aliphatic rings. The van der Waals surface area contributed by atoms with Gasteiger partial charge in [-0.15, -0.1) is 0 Å². The van der Waals surface area contributed by atoms with Gasteiger partial charge in [0.2, 0.25) is 0 Å². The molecule has 2 aromatic rings. The van der Waals surface area contributed by atoms with Gasteiger partial charge in [-0.2, -0.15) is 0 Å². The summed E-state index contributed by atoms with van der Waals surface area (Å²) >= 11 is 0. The summed E-state index contributed by atoms with van der Waals surface area (Å²) in [6.45, 7) is 0.421. The van der Waals surface area contributed by atoms with Crippen molar-refractivity contribution in [3.8, 4) is 5.75 Å². The minimum absolute atomic E-state index is 0.257. The Morgan fingerprint density at radius 2 is 1.96 bits per heavy atom. The predicted molar refractivity (Wildman–Crippen MR) is 98.2 cm³/mol. The van der Waals surface area contributed by atoms with Gasteiger partial charge in [-0.1, -0.05) is 18.2 Å². The smallest absolute Gasteiger partial charge is 0.288 e. The zero-order valence-electron chi connectivity index (χ0n) is 14.3. The predicted octanol–water partition coefficient (Wildman–Crippen LogP) is 3.54. The summed E-state index contributed by atoms with van der Waals surface area (Å²) in [6, 6.07) is 11.7. The number of nitrogens with zero attached hydrogens (tertiary/aromatic N) is 1. The Morgan fingerprint density at radius 1 is 1.23 bits per heavy atom. The van der Waals surface area contributed by atoms with E-state index < -0.39 is 20.4 Å². The van der Waals surface area contributed by atoms with Crippen molar-refractivity contribution in [2.75, 3.05) is 11.6 Å². The monoisotopic (exact) mass is 376 g/mol. The van der Waals surface area contributed by atoms with Crippen LogP contribution in [-0.2, 0) is 16.4 Å². The van der Waals surface area contributed by atoms with Crippen LogP contribution in [0.25, 0.3) is 0 Å². The lowest BCUT2D eigenvalue weighted by atomic mass is 9.96. The Kier molecular flexibility index (Phi) is 5.13. The molecule has 0 atom stereocenters. The van der Waals surface area contributed by atoms with Gasteiger partial charge in [0.15, 0.2) is 9.84 Å². The fraction of sp³-hybridized carbons (Fsp3) is 0.333. The molecule has 2 aromatic carbocycles. The Balaban J connectivity index is 1.79. The number of nitro groups is 1. The van der Waals surface area contributed by atoms with Crippen molar-refractivity contribution in [1.29, 1.82) is 0 Å². The lowest BCUT2D eigenvalue weighted by molar-refractivity contribution is -0.387. The normalized spacial score (nSPS) is 14.5. The van der Waals surface area contributed by atoms with Crippen molar-refractivity contribution >= 4 is 21.2 Å². The Bertz CT molecular complexity index is 923. The van der Waals surface area contributed by atoms with Gasteiger partial charge >= 0.3 is 0 Å². The standard InChI is InChI=1S/C18H20N2O5S/c1-26(23,24)18-11-14(9-10-16(18)20(21)22)19-12-13-5-2-3-8-17(13)25-15-6-4-7-15/h2-3,5,8-11,15,19H,4,6-7,12H2,1H3. The van der Waals surface area contributed by atoms with Crippen LogP contribution in [0.3, 0.4) is 0 Å². The summed E-state index contributed by atoms with van der Waals surface area (Å²) in [6.07, 6.45) is 4.51. The van der Waals surface area contributed by atoms with Crippen LogP contribution in [0.1, 0.15) is 24.8 Å². The van der Waals surface area contributed by atoms with E-state index in [0.29, 0.717) is 12.2 Å². The summed E-state index contributed by atoms with van der Waals surface area (Å²) in [5, 5.41) is 14.2. The second kappa shape index (κ2) is 7.33. The Morgan fingerprint density at radius 3 is 2.58 bits per heavy atom. The summed E-state index contributed by atoms with van der Waals surface area (Å²) in [5.74, 6) is 0.801. The van der Waals surface area contributed by atoms with Crippen LogP contribution in [0.15, 0.2) is 47.4 Å². The second-order valence-electron chi connectivity index (χ2n) is 6.34. The van der Waals surface area contributed by atoms with Crippen molar-refractivity contribution in [2.45, 2.75) is 36.8 Å². The molecule has 0 bridgehead atoms. The van der Waals surface area contributed by atoms with E-state index in [2.05, 4.69) is 5.32 Å². The summed E-state index contributed by atoms with van der Waals surface area (Å²) in [4.78, 5) is 10.1. The highest BCUT2D eigenvalue weighted by atomic mass is 32.2. The van der Waals surface area contributed by atoms with Crippen molar-refractivity contribution < 1.29 is 18.1 Å². The first kappa shape index (κ1) is 18.2. The molecule has 0 spiro atoms. The van der Waals surface area contributed by atoms with Crippen LogP contribution < -0.4 is 10.1 Å². The Hall–Kier alpha value is -2.61. The first-order chi connectivity index (χ1) is 12.3. The number of sulfone groups is 1. The van der Waals surface area contributed by atoms with E-state index in [4.69, 9.17) is 4.74 Å². The van der Waals surface area contributed by atoms with E-state index in [1.54, 1.807) is 0 Å². The minimum atomic E-state index is -3.71. The number of ether oxygens (including phenoxy) is 1. The number of benzene rings is 2. The molecule has 1 N–H and O–H groups in total. The van der Waals surface area contributed by atoms with Crippen LogP contribution in [0.5, 0.6) is 5.75 Å². The molecule has 0 unspecified atom stereocenters. The lowest BCUT2D eigenvalue weighted by Gasteiger charge is -2.27. The molecule has 0 heterocycles. The molecule has 0 aromatic heterocycles. The third-order valence-electron chi connectivity index (χ3n) is 4.36. The molecule has 0 amide bonds. The molecule has 1 saturated carbocycles. The maximum absolute atomic E-state index is 11.8. The fourth-order valence-corrected chi connectivity index (χ4v) is 3.57. The highest BCUT2D eigenvalue weighted by molar-refractivity contribution is 7.90. The number of nitrogens with one attached hydrogen (secondary N) is 1. The first-order valence-corrected chi connectivity index (χ1v) is 10.2. The molecule has 138 valence electrons. The molecule has 8 heteroatoms. The maximum Gasteiger partial charge on any atom is 0.288 e. The average Bonchev–Trinajstić information content (AvgIpc) is 2.56. The van der Waals surface area contributed by atoms with Crippen molar-refractivity contribution in [1.82, 2.24) is 0 Å². The number of hydrogen-bond donors (Lipinski definition) is 1. The summed E-state index contributed by atoms with van der Waals surface area (Å²) in [5.41, 5.74) is 1.01. The third kappa shape index (κ3) is 4.13. The van der Waals surface area contributed by atoms with Crippen LogP contribution in [0.4, 0.5) is 11.4 Å². The van der Waals surface area contributed by atoms with Gasteiger partial charge in [0.1, 0.15) is 10.6 Å². The zero-order chi connectivity index (χ0) is 18.7. The molecule has 7 nitrogen and oxygen atoms in total. The number of nitro benzene ring substituents is 1.